The summed E-state index contributed by atoms with van der Waals surface area (Å²) in [6, 6.07) is 33.6. The molecule has 1 heterocycles. The molecule has 5 aromatic rings. The molecular weight excluding hydrogens is 1390 g/mol. The highest BCUT2D eigenvalue weighted by Gasteiger charge is 2.28. The van der Waals surface area contributed by atoms with E-state index in [0.29, 0.717) is 11.8 Å². The molecule has 9 nitrogen and oxygen atoms in total. The molecule has 1 fully saturated rings. The molecule has 0 radical (unpaired) electrons. The van der Waals surface area contributed by atoms with Gasteiger partial charge in [-0.1, -0.05) is 293 Å². The van der Waals surface area contributed by atoms with Gasteiger partial charge in [0, 0.05) is 59.1 Å². The first-order valence-corrected chi connectivity index (χ1v) is 37.0. The molecule has 22 heteroatoms. The number of rotatable bonds is 9. The van der Waals surface area contributed by atoms with Gasteiger partial charge in [0.1, 0.15) is 19.4 Å². The standard InChI is InChI=1S/C12H13F2NO3S.C9H8F2O.C9H10F2.C9H10O.C7H7Br.C7H16NO.C2H4O.10C2H6.CH4.F4S/c1-12(13,14)10-6-4-3-5-9(10)7-8-11(16)15-19(2,17)18;1-9(10,11)8-5-3-2-4-7(8)6-12;1-7-5-3-4-6-8(7)9(2,10)11;1-7-5-3-4-6-9(7)8(2)10;1-6-4-2-3-5-7(6)8;1-8(9-2)6-4-3-5-7-8;1-2-3;10*1-2;;1-5(2,3)4/h3-8H,1-2H3,(H,15,16);2-6H,1H3;3-6H,1-2H3;3-6H,1-2H3;2-5H,1H3;3-7H2,1-2H3;2H,1H3;10*1-2H3;1H4;/q;;;;;+1;;;;;;;;;;;;;/b8-7+;;;;;;;;;;;;;;;;;;. The second-order valence-corrected chi connectivity index (χ2v) is 20.3. The zero-order valence-electron chi connectivity index (χ0n) is 64.7. The number of piperidine rings is 1. The van der Waals surface area contributed by atoms with E-state index in [4.69, 9.17) is 9.63 Å². The molecule has 0 spiro atoms. The summed E-state index contributed by atoms with van der Waals surface area (Å²) in [6.45, 7) is 53.5. The van der Waals surface area contributed by atoms with Crippen LogP contribution in [0.5, 0.6) is 0 Å². The predicted octanol–water partition coefficient (Wildman–Crippen LogP) is 27.2. The van der Waals surface area contributed by atoms with Gasteiger partial charge >= 0.3 is 11.6 Å². The molecule has 5 aromatic carbocycles. The Hall–Kier alpha value is -5.68. The predicted molar refractivity (Wildman–Crippen MR) is 411 cm³/mol. The van der Waals surface area contributed by atoms with E-state index in [-0.39, 0.29) is 41.0 Å². The topological polar surface area (TPSA) is 124 Å². The van der Waals surface area contributed by atoms with Crippen LogP contribution in [0.2, 0.25) is 0 Å². The summed E-state index contributed by atoms with van der Waals surface area (Å²) >= 11 is -2.77. The maximum Gasteiger partial charge on any atom is 0.379 e. The number of carbonyl (C=O) groups excluding carboxylic acids is 4. The maximum atomic E-state index is 13.3. The van der Waals surface area contributed by atoms with Crippen molar-refractivity contribution in [1.29, 1.82) is 0 Å². The van der Waals surface area contributed by atoms with Crippen LogP contribution in [-0.2, 0) is 42.2 Å². The molecule has 0 aliphatic carbocycles. The zero-order valence-corrected chi connectivity index (χ0v) is 67.9. The third kappa shape index (κ3) is 77.7. The van der Waals surface area contributed by atoms with Crippen molar-refractivity contribution in [2.24, 2.45) is 0 Å². The molecule has 0 unspecified atom stereocenters. The molecule has 0 saturated carbocycles. The normalized spacial score (nSPS) is 10.8. The number of quaternary nitrogens is 1. The number of aryl methyl sites for hydroxylation is 3. The number of carbonyl (C=O) groups is 4. The molecule has 576 valence electrons. The number of halogens is 11. The van der Waals surface area contributed by atoms with E-state index >= 15 is 0 Å². The minimum Gasteiger partial charge on any atom is -0.304 e. The second-order valence-electron chi connectivity index (χ2n) is 17.0. The van der Waals surface area contributed by atoms with E-state index in [0.717, 1.165) is 61.2 Å². The first-order chi connectivity index (χ1) is 45.4. The van der Waals surface area contributed by atoms with Gasteiger partial charge in [0.25, 0.3) is 23.7 Å². The number of likely N-dealkylation sites (tertiary alicyclic amines) is 1. The number of hydroxylamine groups is 3. The van der Waals surface area contributed by atoms with Crippen molar-refractivity contribution in [3.63, 3.8) is 0 Å². The lowest BCUT2D eigenvalue weighted by Gasteiger charge is -2.32. The summed E-state index contributed by atoms with van der Waals surface area (Å²) in [5.74, 6) is -9.47. The molecule has 0 atom stereocenters. The molecule has 1 saturated heterocycles. The van der Waals surface area contributed by atoms with Gasteiger partial charge in [0.2, 0.25) is 10.0 Å². The van der Waals surface area contributed by atoms with Gasteiger partial charge in [-0.25, -0.2) is 44.3 Å². The van der Waals surface area contributed by atoms with E-state index in [1.807, 2.05) is 188 Å². The molecule has 6 rings (SSSR count). The number of amides is 1. The fourth-order valence-corrected chi connectivity index (χ4v) is 7.09. The number of nitrogens with one attached hydrogen (secondary N) is 1. The van der Waals surface area contributed by atoms with Crippen molar-refractivity contribution in [2.45, 2.75) is 238 Å². The van der Waals surface area contributed by atoms with E-state index in [1.54, 1.807) is 56.0 Å². The number of sulfonamides is 1. The van der Waals surface area contributed by atoms with Crippen molar-refractivity contribution < 1.29 is 79.0 Å². The van der Waals surface area contributed by atoms with Crippen molar-refractivity contribution in [1.82, 2.24) is 4.72 Å². The number of ketones is 1. The van der Waals surface area contributed by atoms with Crippen molar-refractivity contribution in [3.8, 4) is 0 Å². The SMILES string of the molecule is C.CC.CC.CC.CC.CC.CC.CC.CC.CC.CC.CC(=O)c1ccccc1C.CC(F)(F)c1ccccc1/C=C/C(=O)NS(C)(=O)=O.CC(F)(F)c1ccccc1C=O.CC=O.CO[N+]1(C)CCCCC1.Cc1ccccc1Br.Cc1ccccc1C(C)(F)F.FS(F)(F)F. The molecule has 0 bridgehead atoms. The molecule has 1 N–H and O–H groups in total. The summed E-state index contributed by atoms with van der Waals surface area (Å²) in [5, 5.41) is 0. The van der Waals surface area contributed by atoms with Crippen LogP contribution >= 0.6 is 27.5 Å². The van der Waals surface area contributed by atoms with Gasteiger partial charge < -0.3 is 4.79 Å². The van der Waals surface area contributed by atoms with E-state index in [2.05, 4.69) is 36.0 Å². The first kappa shape index (κ1) is 122. The fraction of sp³-hybridized carbons (Fsp3) is 0.526. The van der Waals surface area contributed by atoms with Crippen molar-refractivity contribution in [2.75, 3.05) is 33.5 Å². The van der Waals surface area contributed by atoms with Crippen LogP contribution < -0.4 is 4.72 Å². The number of hydrogen-bond acceptors (Lipinski definition) is 7. The molecule has 98 heavy (non-hydrogen) atoms. The largest absolute Gasteiger partial charge is 0.379 e. The monoisotopic (exact) mass is 1520 g/mol. The number of alkyl halides is 6. The van der Waals surface area contributed by atoms with E-state index in [9.17, 15) is 64.7 Å². The third-order valence-electron chi connectivity index (χ3n) is 10.1. The number of benzene rings is 5. The van der Waals surface area contributed by atoms with Crippen LogP contribution in [0.25, 0.3) is 6.08 Å². The maximum absolute atomic E-state index is 13.3. The second kappa shape index (κ2) is 78.7. The number of hydrogen-bond donors (Lipinski definition) is 1. The Morgan fingerprint density at radius 3 is 1.03 bits per heavy atom. The number of Topliss-reactive ketones (excluding diaryl/α,β-unsaturated/α-hetero) is 1. The van der Waals surface area contributed by atoms with Gasteiger partial charge in [-0.15, -0.1) is 0 Å². The Morgan fingerprint density at radius 1 is 0.510 bits per heavy atom. The lowest BCUT2D eigenvalue weighted by molar-refractivity contribution is -1.09. The van der Waals surface area contributed by atoms with Crippen molar-refractivity contribution in [3.05, 3.63) is 182 Å². The molecule has 1 amide bonds. The zero-order chi connectivity index (χ0) is 79.8. The van der Waals surface area contributed by atoms with Crippen LogP contribution in [0.4, 0.5) is 41.9 Å². The minimum absolute atomic E-state index is 0. The highest BCUT2D eigenvalue weighted by molar-refractivity contribution is 9.10. The van der Waals surface area contributed by atoms with Gasteiger partial charge in [-0.3, -0.25) is 14.4 Å². The summed E-state index contributed by atoms with van der Waals surface area (Å²) in [4.78, 5) is 46.6. The van der Waals surface area contributed by atoms with Crippen LogP contribution in [0.1, 0.15) is 259 Å². The van der Waals surface area contributed by atoms with Crippen LogP contribution in [0, 0.1) is 20.8 Å². The smallest absolute Gasteiger partial charge is 0.304 e. The lowest BCUT2D eigenvalue weighted by Crippen LogP contribution is -2.46. The van der Waals surface area contributed by atoms with Gasteiger partial charge in [-0.2, -0.15) is 4.65 Å². The molecular formula is C76H132BrF10N2O7S2+. The Balaban J connectivity index is -0.0000000756. The number of nitrogens with zero attached hydrogens (tertiary/aromatic N) is 1. The Kier molecular flexibility index (Phi) is 98.2. The summed E-state index contributed by atoms with van der Waals surface area (Å²) < 4.78 is 142. The average molecular weight is 1520 g/mol. The highest BCUT2D eigenvalue weighted by atomic mass is 79.9. The minimum atomic E-state index is -6.17. The molecule has 1 aliphatic rings. The lowest BCUT2D eigenvalue weighted by atomic mass is 10.0. The first-order valence-electron chi connectivity index (χ1n) is 33.1. The van der Waals surface area contributed by atoms with Crippen LogP contribution in [0.15, 0.2) is 132 Å². The van der Waals surface area contributed by atoms with Crippen molar-refractivity contribution >= 4 is 67.9 Å². The Bertz CT molecular complexity index is 2690. The summed E-state index contributed by atoms with van der Waals surface area (Å²) in [7, 11) is 0.284. The van der Waals surface area contributed by atoms with E-state index in [1.165, 1.54) is 91.8 Å². The van der Waals surface area contributed by atoms with Gasteiger partial charge in [0.05, 0.1) is 20.4 Å². The van der Waals surface area contributed by atoms with Gasteiger partial charge in [0.15, 0.2) is 12.1 Å². The Labute approximate surface area is 602 Å². The van der Waals surface area contributed by atoms with E-state index < -0.39 is 45.3 Å². The number of aldehydes is 2. The van der Waals surface area contributed by atoms with Gasteiger partial charge in [-0.05, 0) is 88.3 Å². The molecule has 1 aliphatic heterocycles. The summed E-state index contributed by atoms with van der Waals surface area (Å²) in [5.41, 5.74) is 3.65. The highest BCUT2D eigenvalue weighted by Crippen LogP contribution is 2.54. The quantitative estimate of drug-likeness (QED) is 0.0512. The fourth-order valence-electron chi connectivity index (χ4n) is 6.37. The van der Waals surface area contributed by atoms with Crippen LogP contribution in [-0.4, -0.2) is 70.8 Å². The van der Waals surface area contributed by atoms with Crippen LogP contribution in [0.3, 0.4) is 0 Å². The summed E-state index contributed by atoms with van der Waals surface area (Å²) in [6.07, 6.45) is 8.09. The average Bonchev–Trinajstić information content (AvgIpc) is 0.863. The molecule has 0 aromatic heterocycles. The Morgan fingerprint density at radius 2 is 0.796 bits per heavy atom. The third-order valence-corrected chi connectivity index (χ3v) is 11.6.